The average molecular weight is 496 g/mol. The monoisotopic (exact) mass is 495 g/mol. The van der Waals surface area contributed by atoms with Gasteiger partial charge in [-0.15, -0.1) is 10.2 Å². The highest BCUT2D eigenvalue weighted by Gasteiger charge is 2.25. The summed E-state index contributed by atoms with van der Waals surface area (Å²) in [5.74, 6) is 1.52. The zero-order chi connectivity index (χ0) is 25.1. The summed E-state index contributed by atoms with van der Waals surface area (Å²) in [6, 6.07) is 3.14. The minimum absolute atomic E-state index is 0.203. The molecule has 3 aromatic rings. The van der Waals surface area contributed by atoms with Gasteiger partial charge in [0.25, 0.3) is 0 Å². The predicted molar refractivity (Wildman–Crippen MR) is 135 cm³/mol. The largest absolute Gasteiger partial charge is 0.493 e. The molecule has 0 bridgehead atoms. The van der Waals surface area contributed by atoms with E-state index in [1.54, 1.807) is 12.4 Å². The van der Waals surface area contributed by atoms with E-state index in [2.05, 4.69) is 39.2 Å². The molecule has 10 heteroatoms. The lowest BCUT2D eigenvalue weighted by Crippen LogP contribution is -2.40. The van der Waals surface area contributed by atoms with Gasteiger partial charge in [-0.3, -0.25) is 14.1 Å². The van der Waals surface area contributed by atoms with Gasteiger partial charge in [0.1, 0.15) is 17.9 Å². The fraction of sp³-hybridized carbons (Fsp3) is 0.538. The second-order valence-electron chi connectivity index (χ2n) is 9.49. The van der Waals surface area contributed by atoms with Crippen molar-refractivity contribution in [2.45, 2.75) is 52.0 Å². The number of carbonyl (C=O) groups is 1. The quantitative estimate of drug-likeness (QED) is 0.513. The van der Waals surface area contributed by atoms with Crippen molar-refractivity contribution in [3.63, 3.8) is 0 Å². The molecule has 2 aliphatic rings. The second kappa shape index (κ2) is 10.8. The van der Waals surface area contributed by atoms with Gasteiger partial charge in [-0.25, -0.2) is 9.37 Å². The predicted octanol–water partition coefficient (Wildman–Crippen LogP) is 3.25. The molecule has 1 amide bonds. The lowest BCUT2D eigenvalue weighted by Gasteiger charge is -2.25. The van der Waals surface area contributed by atoms with Crippen LogP contribution in [0.15, 0.2) is 24.7 Å². The van der Waals surface area contributed by atoms with Crippen LogP contribution in [-0.4, -0.2) is 74.6 Å². The van der Waals surface area contributed by atoms with Gasteiger partial charge in [0, 0.05) is 48.9 Å². The molecule has 1 atom stereocenters. The molecular formula is C26H34FN7O2. The summed E-state index contributed by atoms with van der Waals surface area (Å²) < 4.78 is 22.0. The minimum atomic E-state index is -0.248. The fourth-order valence-corrected chi connectivity index (χ4v) is 5.33. The van der Waals surface area contributed by atoms with Gasteiger partial charge in [0.05, 0.1) is 13.2 Å². The topological polar surface area (TPSA) is 87.9 Å². The van der Waals surface area contributed by atoms with Crippen LogP contribution in [0, 0.1) is 5.82 Å². The number of hydrogen-bond donors (Lipinski definition) is 1. The van der Waals surface area contributed by atoms with Gasteiger partial charge < -0.3 is 15.0 Å². The number of nitrogens with one attached hydrogen (secondary N) is 1. The van der Waals surface area contributed by atoms with Crippen LogP contribution in [-0.2, 0) is 17.8 Å². The summed E-state index contributed by atoms with van der Waals surface area (Å²) in [6.07, 6.45) is 6.97. The summed E-state index contributed by atoms with van der Waals surface area (Å²) >= 11 is 0. The highest BCUT2D eigenvalue weighted by atomic mass is 19.1. The summed E-state index contributed by atoms with van der Waals surface area (Å²) in [4.78, 5) is 21.6. The van der Waals surface area contributed by atoms with Crippen LogP contribution < -0.4 is 10.1 Å². The molecule has 2 aliphatic heterocycles. The van der Waals surface area contributed by atoms with Crippen molar-refractivity contribution in [3.8, 4) is 5.75 Å². The average Bonchev–Trinajstić information content (AvgIpc) is 3.51. The third-order valence-electron chi connectivity index (χ3n) is 7.50. The Morgan fingerprint density at radius 2 is 2.11 bits per heavy atom. The first-order chi connectivity index (χ1) is 17.6. The number of nitrogens with zero attached hydrogens (tertiary/aromatic N) is 6. The Bertz CT molecular complexity index is 1230. The smallest absolute Gasteiger partial charge is 0.236 e. The Labute approximate surface area is 210 Å². The van der Waals surface area contributed by atoms with E-state index < -0.39 is 0 Å². The normalized spacial score (nSPS) is 17.8. The number of halogens is 1. The molecule has 9 nitrogen and oxygen atoms in total. The SMILES string of the molecule is CCN(CC)CC(=O)N1CCC[C@H](c2cnc(NCc3c(F)ccc4c3CCO4)n3cnnc23)CC1. The molecule has 0 radical (unpaired) electrons. The van der Waals surface area contributed by atoms with Gasteiger partial charge in [-0.05, 0) is 50.4 Å². The molecule has 4 heterocycles. The first-order valence-corrected chi connectivity index (χ1v) is 12.9. The van der Waals surface area contributed by atoms with Gasteiger partial charge in [-0.1, -0.05) is 13.8 Å². The zero-order valence-electron chi connectivity index (χ0n) is 21.0. The highest BCUT2D eigenvalue weighted by molar-refractivity contribution is 5.78. The fourth-order valence-electron chi connectivity index (χ4n) is 5.33. The number of likely N-dealkylation sites (N-methyl/N-ethyl adjacent to an activating group) is 1. The number of fused-ring (bicyclic) bond motifs is 2. The summed E-state index contributed by atoms with van der Waals surface area (Å²) in [5.41, 5.74) is 3.31. The van der Waals surface area contributed by atoms with Crippen LogP contribution in [0.1, 0.15) is 55.7 Å². The van der Waals surface area contributed by atoms with Crippen molar-refractivity contribution in [2.75, 3.05) is 44.6 Å². The first kappa shape index (κ1) is 24.4. The Hall–Kier alpha value is -3.27. The zero-order valence-corrected chi connectivity index (χ0v) is 21.0. The van der Waals surface area contributed by atoms with Gasteiger partial charge in [-0.2, -0.15) is 0 Å². The number of likely N-dealkylation sites (tertiary alicyclic amines) is 1. The van der Waals surface area contributed by atoms with Gasteiger partial charge >= 0.3 is 0 Å². The van der Waals surface area contributed by atoms with E-state index in [0.29, 0.717) is 37.6 Å². The number of benzene rings is 1. The van der Waals surface area contributed by atoms with Crippen LogP contribution in [0.4, 0.5) is 10.3 Å². The van der Waals surface area contributed by atoms with Crippen molar-refractivity contribution >= 4 is 17.5 Å². The molecule has 1 fully saturated rings. The molecule has 0 saturated carbocycles. The van der Waals surface area contributed by atoms with Crippen LogP contribution >= 0.6 is 0 Å². The maximum absolute atomic E-state index is 14.6. The third kappa shape index (κ3) is 4.86. The Morgan fingerprint density at radius 1 is 1.25 bits per heavy atom. The van der Waals surface area contributed by atoms with E-state index >= 15 is 0 Å². The lowest BCUT2D eigenvalue weighted by molar-refractivity contribution is -0.132. The number of anilines is 1. The van der Waals surface area contributed by atoms with Crippen molar-refractivity contribution in [1.82, 2.24) is 29.4 Å². The van der Waals surface area contributed by atoms with E-state index in [1.165, 1.54) is 6.07 Å². The molecule has 36 heavy (non-hydrogen) atoms. The molecular weight excluding hydrogens is 461 g/mol. The number of hydrogen-bond acceptors (Lipinski definition) is 7. The van der Waals surface area contributed by atoms with E-state index in [-0.39, 0.29) is 17.6 Å². The van der Waals surface area contributed by atoms with Crippen molar-refractivity contribution in [2.24, 2.45) is 0 Å². The summed E-state index contributed by atoms with van der Waals surface area (Å²) in [7, 11) is 0. The number of aromatic nitrogens is 4. The summed E-state index contributed by atoms with van der Waals surface area (Å²) in [6.45, 7) is 8.79. The van der Waals surface area contributed by atoms with Gasteiger partial charge in [0.15, 0.2) is 5.65 Å². The van der Waals surface area contributed by atoms with Gasteiger partial charge in [0.2, 0.25) is 11.9 Å². The molecule has 0 unspecified atom stereocenters. The number of ether oxygens (including phenoxy) is 1. The Balaban J connectivity index is 1.30. The van der Waals surface area contributed by atoms with E-state index in [9.17, 15) is 9.18 Å². The van der Waals surface area contributed by atoms with E-state index in [1.807, 2.05) is 15.5 Å². The van der Waals surface area contributed by atoms with Crippen LogP contribution in [0.5, 0.6) is 5.75 Å². The molecule has 1 saturated heterocycles. The molecule has 192 valence electrons. The molecule has 0 spiro atoms. The van der Waals surface area contributed by atoms with Crippen molar-refractivity contribution < 1.29 is 13.9 Å². The molecule has 2 aromatic heterocycles. The van der Waals surface area contributed by atoms with Crippen LogP contribution in [0.3, 0.4) is 0 Å². The van der Waals surface area contributed by atoms with Crippen molar-refractivity contribution in [1.29, 1.82) is 0 Å². The molecule has 5 rings (SSSR count). The standard InChI is InChI=1S/C26H34FN7O2/c1-3-32(4-2)16-24(35)33-11-5-6-18(9-12-33)20-14-28-26(34-17-30-31-25(20)34)29-15-21-19-10-13-36-23(19)8-7-22(21)27/h7-8,14,17-18H,3-6,9-13,15-16H2,1-2H3,(H,28,29)/t18-/m0/s1. The first-order valence-electron chi connectivity index (χ1n) is 12.9. The summed E-state index contributed by atoms with van der Waals surface area (Å²) in [5, 5.41) is 11.8. The van der Waals surface area contributed by atoms with Crippen LogP contribution in [0.2, 0.25) is 0 Å². The molecule has 1 N–H and O–H groups in total. The minimum Gasteiger partial charge on any atom is -0.493 e. The number of carbonyl (C=O) groups excluding carboxylic acids is 1. The maximum atomic E-state index is 14.6. The molecule has 1 aromatic carbocycles. The third-order valence-corrected chi connectivity index (χ3v) is 7.50. The van der Waals surface area contributed by atoms with E-state index in [4.69, 9.17) is 4.74 Å². The van der Waals surface area contributed by atoms with Crippen molar-refractivity contribution in [3.05, 3.63) is 47.2 Å². The lowest BCUT2D eigenvalue weighted by atomic mass is 9.94. The highest BCUT2D eigenvalue weighted by Crippen LogP contribution is 2.32. The number of amides is 1. The maximum Gasteiger partial charge on any atom is 0.236 e. The number of rotatable bonds is 8. The second-order valence-corrected chi connectivity index (χ2v) is 9.49. The molecule has 0 aliphatic carbocycles. The van der Waals surface area contributed by atoms with Crippen LogP contribution in [0.25, 0.3) is 5.65 Å². The Kier molecular flexibility index (Phi) is 7.31. The van der Waals surface area contributed by atoms with E-state index in [0.717, 1.165) is 68.0 Å². The Morgan fingerprint density at radius 3 is 2.94 bits per heavy atom.